The van der Waals surface area contributed by atoms with E-state index in [0.29, 0.717) is 19.4 Å². The second-order valence-electron chi connectivity index (χ2n) is 4.43. The highest BCUT2D eigenvalue weighted by atomic mass is 16.2. The van der Waals surface area contributed by atoms with E-state index in [0.717, 1.165) is 6.42 Å². The molecule has 0 spiro atoms. The molecule has 18 heavy (non-hydrogen) atoms. The van der Waals surface area contributed by atoms with Crippen molar-refractivity contribution in [2.75, 3.05) is 13.1 Å². The molecule has 0 aliphatic carbocycles. The lowest BCUT2D eigenvalue weighted by Crippen LogP contribution is -2.52. The van der Waals surface area contributed by atoms with E-state index in [1.54, 1.807) is 0 Å². The van der Waals surface area contributed by atoms with Crippen LogP contribution in [0.2, 0.25) is 0 Å². The molecule has 2 N–H and O–H groups in total. The number of hydrogen-bond donors (Lipinski definition) is 2. The Morgan fingerprint density at radius 1 is 1.28 bits per heavy atom. The fourth-order valence-electron chi connectivity index (χ4n) is 2.24. The van der Waals surface area contributed by atoms with Crippen molar-refractivity contribution in [2.24, 2.45) is 0 Å². The molecule has 0 bridgehead atoms. The zero-order valence-corrected chi connectivity index (χ0v) is 11.2. The van der Waals surface area contributed by atoms with Gasteiger partial charge in [0.15, 0.2) is 0 Å². The van der Waals surface area contributed by atoms with Crippen molar-refractivity contribution in [1.82, 2.24) is 15.5 Å². The first kappa shape index (κ1) is 14.5. The summed E-state index contributed by atoms with van der Waals surface area (Å²) in [6, 6.07) is -0.477. The third kappa shape index (κ3) is 2.47. The Morgan fingerprint density at radius 3 is 2.39 bits per heavy atom. The number of nitrogens with one attached hydrogen (secondary N) is 2. The fraction of sp³-hybridized carbons (Fsp3) is 0.750. The zero-order chi connectivity index (χ0) is 13.8. The standard InChI is InChI=1S/C12H21N3O3/c1-4-7-13-9(16)8-15-11(18)14-10(17)12(15,5-2)6-3/h4-8H2,1-3H3,(H,13,16)(H,14,17,18). The van der Waals surface area contributed by atoms with Crippen molar-refractivity contribution in [3.63, 3.8) is 0 Å². The van der Waals surface area contributed by atoms with E-state index in [2.05, 4.69) is 10.6 Å². The molecule has 0 saturated carbocycles. The highest BCUT2D eigenvalue weighted by Gasteiger charge is 2.50. The van der Waals surface area contributed by atoms with Crippen LogP contribution in [-0.4, -0.2) is 41.4 Å². The van der Waals surface area contributed by atoms with E-state index < -0.39 is 11.6 Å². The van der Waals surface area contributed by atoms with Gasteiger partial charge in [-0.05, 0) is 19.3 Å². The Morgan fingerprint density at radius 2 is 1.89 bits per heavy atom. The number of amides is 4. The number of carbonyl (C=O) groups is 3. The van der Waals surface area contributed by atoms with Crippen molar-refractivity contribution < 1.29 is 14.4 Å². The highest BCUT2D eigenvalue weighted by molar-refractivity contribution is 6.08. The summed E-state index contributed by atoms with van der Waals surface area (Å²) in [6.07, 6.45) is 1.84. The first-order valence-corrected chi connectivity index (χ1v) is 6.41. The molecule has 4 amide bonds. The van der Waals surface area contributed by atoms with Gasteiger partial charge in [0.1, 0.15) is 12.1 Å². The van der Waals surface area contributed by atoms with Gasteiger partial charge in [-0.15, -0.1) is 0 Å². The summed E-state index contributed by atoms with van der Waals surface area (Å²) in [5.74, 6) is -0.534. The molecule has 6 nitrogen and oxygen atoms in total. The first-order valence-electron chi connectivity index (χ1n) is 6.41. The van der Waals surface area contributed by atoms with Crippen LogP contribution in [-0.2, 0) is 9.59 Å². The predicted octanol–water partition coefficient (Wildman–Crippen LogP) is 0.623. The van der Waals surface area contributed by atoms with E-state index in [4.69, 9.17) is 0 Å². The summed E-state index contributed by atoms with van der Waals surface area (Å²) in [5.41, 5.74) is -0.874. The minimum Gasteiger partial charge on any atom is -0.355 e. The molecule has 0 aromatic heterocycles. The number of rotatable bonds is 6. The molecular weight excluding hydrogens is 234 g/mol. The Hall–Kier alpha value is -1.59. The van der Waals surface area contributed by atoms with Crippen LogP contribution in [0.25, 0.3) is 0 Å². The second kappa shape index (κ2) is 5.84. The number of imide groups is 1. The average Bonchev–Trinajstić information content (AvgIpc) is 2.59. The molecule has 0 atom stereocenters. The number of carbonyl (C=O) groups excluding carboxylic acids is 3. The predicted molar refractivity (Wildman–Crippen MR) is 66.9 cm³/mol. The lowest BCUT2D eigenvalue weighted by atomic mass is 9.91. The van der Waals surface area contributed by atoms with Gasteiger partial charge in [-0.1, -0.05) is 20.8 Å². The maximum Gasteiger partial charge on any atom is 0.325 e. The molecule has 1 rings (SSSR count). The minimum absolute atomic E-state index is 0.0702. The smallest absolute Gasteiger partial charge is 0.325 e. The van der Waals surface area contributed by atoms with Gasteiger partial charge in [0.25, 0.3) is 5.91 Å². The topological polar surface area (TPSA) is 78.5 Å². The van der Waals surface area contributed by atoms with Gasteiger partial charge in [-0.2, -0.15) is 0 Å². The molecule has 1 saturated heterocycles. The van der Waals surface area contributed by atoms with E-state index in [1.165, 1.54) is 4.90 Å². The minimum atomic E-state index is -0.874. The molecule has 1 aliphatic heterocycles. The second-order valence-corrected chi connectivity index (χ2v) is 4.43. The SMILES string of the molecule is CCCNC(=O)CN1C(=O)NC(=O)C1(CC)CC. The van der Waals surface area contributed by atoms with Crippen molar-refractivity contribution in [2.45, 2.75) is 45.6 Å². The monoisotopic (exact) mass is 255 g/mol. The van der Waals surface area contributed by atoms with Crippen LogP contribution in [0.3, 0.4) is 0 Å². The summed E-state index contributed by atoms with van der Waals surface area (Å²) < 4.78 is 0. The lowest BCUT2D eigenvalue weighted by Gasteiger charge is -2.32. The van der Waals surface area contributed by atoms with Crippen molar-refractivity contribution in [1.29, 1.82) is 0 Å². The van der Waals surface area contributed by atoms with Gasteiger partial charge in [-0.3, -0.25) is 14.9 Å². The first-order chi connectivity index (χ1) is 8.51. The summed E-state index contributed by atoms with van der Waals surface area (Å²) in [7, 11) is 0. The molecular formula is C12H21N3O3. The average molecular weight is 255 g/mol. The summed E-state index contributed by atoms with van der Waals surface area (Å²) >= 11 is 0. The molecule has 1 aliphatic rings. The largest absolute Gasteiger partial charge is 0.355 e. The molecule has 0 aromatic carbocycles. The van der Waals surface area contributed by atoms with Crippen LogP contribution < -0.4 is 10.6 Å². The molecule has 0 radical (unpaired) electrons. The molecule has 1 fully saturated rings. The van der Waals surface area contributed by atoms with Crippen molar-refractivity contribution >= 4 is 17.8 Å². The van der Waals surface area contributed by atoms with E-state index in [1.807, 2.05) is 20.8 Å². The summed E-state index contributed by atoms with van der Waals surface area (Å²) in [4.78, 5) is 36.6. The Labute approximate surface area is 107 Å². The van der Waals surface area contributed by atoms with Gasteiger partial charge in [0.2, 0.25) is 5.91 Å². The van der Waals surface area contributed by atoms with Crippen molar-refractivity contribution in [3.8, 4) is 0 Å². The molecule has 0 unspecified atom stereocenters. The van der Waals surface area contributed by atoms with E-state index in [-0.39, 0.29) is 18.4 Å². The Kier molecular flexibility index (Phi) is 4.69. The van der Waals surface area contributed by atoms with Crippen LogP contribution in [0.4, 0.5) is 4.79 Å². The molecule has 1 heterocycles. The normalized spacial score (nSPS) is 17.8. The van der Waals surface area contributed by atoms with Crippen LogP contribution >= 0.6 is 0 Å². The van der Waals surface area contributed by atoms with Crippen molar-refractivity contribution in [3.05, 3.63) is 0 Å². The number of hydrogen-bond acceptors (Lipinski definition) is 3. The van der Waals surface area contributed by atoms with Gasteiger partial charge in [0, 0.05) is 6.54 Å². The Bertz CT molecular complexity index is 350. The summed E-state index contributed by atoms with van der Waals surface area (Å²) in [5, 5.41) is 5.00. The van der Waals surface area contributed by atoms with Gasteiger partial charge in [0.05, 0.1) is 0 Å². The lowest BCUT2D eigenvalue weighted by molar-refractivity contribution is -0.129. The summed E-state index contributed by atoms with van der Waals surface area (Å²) in [6.45, 7) is 6.15. The van der Waals surface area contributed by atoms with Gasteiger partial charge in [-0.25, -0.2) is 4.79 Å². The quantitative estimate of drug-likeness (QED) is 0.683. The van der Waals surface area contributed by atoms with Gasteiger partial charge < -0.3 is 10.2 Å². The fourth-order valence-corrected chi connectivity index (χ4v) is 2.24. The van der Waals surface area contributed by atoms with Gasteiger partial charge >= 0.3 is 6.03 Å². The molecule has 6 heteroatoms. The molecule has 102 valence electrons. The maximum absolute atomic E-state index is 11.9. The Balaban J connectivity index is 2.80. The third-order valence-electron chi connectivity index (χ3n) is 3.45. The van der Waals surface area contributed by atoms with E-state index >= 15 is 0 Å². The highest BCUT2D eigenvalue weighted by Crippen LogP contribution is 2.28. The third-order valence-corrected chi connectivity index (χ3v) is 3.45. The van der Waals surface area contributed by atoms with E-state index in [9.17, 15) is 14.4 Å². The molecule has 0 aromatic rings. The van der Waals surface area contributed by atoms with Crippen LogP contribution in [0.15, 0.2) is 0 Å². The van der Waals surface area contributed by atoms with Crippen LogP contribution in [0, 0.1) is 0 Å². The maximum atomic E-state index is 11.9. The van der Waals surface area contributed by atoms with Crippen LogP contribution in [0.5, 0.6) is 0 Å². The zero-order valence-electron chi connectivity index (χ0n) is 11.2. The number of urea groups is 1. The number of nitrogens with zero attached hydrogens (tertiary/aromatic N) is 1. The van der Waals surface area contributed by atoms with Crippen LogP contribution in [0.1, 0.15) is 40.0 Å².